The van der Waals surface area contributed by atoms with Gasteiger partial charge in [-0.2, -0.15) is 0 Å². The number of aromatic nitrogens is 1. The molecule has 1 atom stereocenters. The summed E-state index contributed by atoms with van der Waals surface area (Å²) in [5.74, 6) is 2.42. The van der Waals surface area contributed by atoms with Crippen molar-refractivity contribution in [3.05, 3.63) is 83.0 Å². The van der Waals surface area contributed by atoms with E-state index < -0.39 is 0 Å². The maximum Gasteiger partial charge on any atom is 0.209 e. The maximum atomic E-state index is 11.0. The van der Waals surface area contributed by atoms with Crippen molar-refractivity contribution < 1.29 is 9.53 Å². The van der Waals surface area contributed by atoms with Crippen LogP contribution < -0.4 is 10.1 Å². The van der Waals surface area contributed by atoms with Gasteiger partial charge in [0.05, 0.1) is 0 Å². The van der Waals surface area contributed by atoms with Crippen LogP contribution in [-0.2, 0) is 11.3 Å². The Morgan fingerprint density at radius 2 is 1.66 bits per heavy atom. The van der Waals surface area contributed by atoms with Gasteiger partial charge in [0, 0.05) is 31.4 Å². The van der Waals surface area contributed by atoms with Crippen molar-refractivity contribution in [2.24, 2.45) is 0 Å². The maximum absolute atomic E-state index is 11.0. The van der Waals surface area contributed by atoms with Gasteiger partial charge in [-0.3, -0.25) is 4.79 Å². The third-order valence-electron chi connectivity index (χ3n) is 4.87. The Balaban J connectivity index is 1.71. The Kier molecular flexibility index (Phi) is 6.50. The number of nitrogens with one attached hydrogen (secondary N) is 1. The average Bonchev–Trinajstić information content (AvgIpc) is 2.72. The van der Waals surface area contributed by atoms with Crippen LogP contribution in [0.3, 0.4) is 0 Å². The van der Waals surface area contributed by atoms with Crippen LogP contribution in [0.15, 0.2) is 60.8 Å². The lowest BCUT2D eigenvalue weighted by Crippen LogP contribution is -2.18. The second-order valence-corrected chi connectivity index (χ2v) is 7.33. The van der Waals surface area contributed by atoms with Crippen LogP contribution in [0.2, 0.25) is 0 Å². The van der Waals surface area contributed by atoms with Crippen molar-refractivity contribution in [1.29, 1.82) is 0 Å². The second kappa shape index (κ2) is 9.24. The molecule has 0 radical (unpaired) electrons. The number of aryl methyl sites for hydroxylation is 2. The van der Waals surface area contributed by atoms with E-state index in [4.69, 9.17) is 4.74 Å². The minimum atomic E-state index is 0.0537. The molecule has 0 spiro atoms. The van der Waals surface area contributed by atoms with Crippen LogP contribution in [0.5, 0.6) is 11.5 Å². The number of rotatable bonds is 8. The molecule has 29 heavy (non-hydrogen) atoms. The Morgan fingerprint density at radius 1 is 1.03 bits per heavy atom. The molecule has 0 bridgehead atoms. The molecule has 1 unspecified atom stereocenters. The summed E-state index contributed by atoms with van der Waals surface area (Å²) in [6.07, 6.45) is 2.61. The van der Waals surface area contributed by atoms with Crippen molar-refractivity contribution in [3.8, 4) is 11.5 Å². The molecule has 1 aromatic heterocycles. The number of carbonyl (C=O) groups excluding carboxylic acids is 1. The Labute approximate surface area is 172 Å². The monoisotopic (exact) mass is 389 g/mol. The first-order chi connectivity index (χ1) is 14.0. The SMILES string of the molecule is Cc1ccc(Oc2ccc(C(C)Nc3nccc(C)c3CN(C)C=O)cc2)cc1. The highest BCUT2D eigenvalue weighted by molar-refractivity contribution is 5.53. The van der Waals surface area contributed by atoms with Crippen molar-refractivity contribution in [3.63, 3.8) is 0 Å². The first-order valence-corrected chi connectivity index (χ1v) is 9.67. The number of pyridine rings is 1. The first-order valence-electron chi connectivity index (χ1n) is 9.67. The summed E-state index contributed by atoms with van der Waals surface area (Å²) < 4.78 is 5.91. The standard InChI is InChI=1S/C24H27N3O2/c1-17-5-9-21(10-6-17)29-22-11-7-20(8-12-22)19(3)26-24-23(15-27(4)16-28)18(2)13-14-25-24/h5-14,16,19H,15H2,1-4H3,(H,25,26). The van der Waals surface area contributed by atoms with E-state index in [1.54, 1.807) is 18.1 Å². The molecule has 5 heteroatoms. The van der Waals surface area contributed by atoms with Crippen LogP contribution >= 0.6 is 0 Å². The molecule has 0 fully saturated rings. The number of anilines is 1. The van der Waals surface area contributed by atoms with Crippen LogP contribution in [-0.4, -0.2) is 23.3 Å². The van der Waals surface area contributed by atoms with Gasteiger partial charge in [-0.05, 0) is 62.2 Å². The van der Waals surface area contributed by atoms with Crippen molar-refractivity contribution in [2.75, 3.05) is 12.4 Å². The number of amides is 1. The summed E-state index contributed by atoms with van der Waals surface area (Å²) in [5, 5.41) is 3.48. The number of ether oxygens (including phenoxy) is 1. The molecular weight excluding hydrogens is 362 g/mol. The van der Waals surface area contributed by atoms with Crippen LogP contribution in [0.25, 0.3) is 0 Å². The molecule has 3 rings (SSSR count). The van der Waals surface area contributed by atoms with Crippen molar-refractivity contribution in [1.82, 2.24) is 9.88 Å². The Hall–Kier alpha value is -3.34. The summed E-state index contributed by atoms with van der Waals surface area (Å²) in [4.78, 5) is 17.1. The highest BCUT2D eigenvalue weighted by atomic mass is 16.5. The fourth-order valence-corrected chi connectivity index (χ4v) is 3.05. The smallest absolute Gasteiger partial charge is 0.209 e. The summed E-state index contributed by atoms with van der Waals surface area (Å²) >= 11 is 0. The van der Waals surface area contributed by atoms with Gasteiger partial charge < -0.3 is 15.0 Å². The largest absolute Gasteiger partial charge is 0.457 e. The fourth-order valence-electron chi connectivity index (χ4n) is 3.05. The molecule has 0 saturated carbocycles. The summed E-state index contributed by atoms with van der Waals surface area (Å²) in [6.45, 7) is 6.69. The molecule has 3 aromatic rings. The molecule has 0 aliphatic rings. The van der Waals surface area contributed by atoms with Gasteiger partial charge in [-0.25, -0.2) is 4.98 Å². The van der Waals surface area contributed by atoms with Gasteiger partial charge in [-0.15, -0.1) is 0 Å². The zero-order valence-corrected chi connectivity index (χ0v) is 17.3. The van der Waals surface area contributed by atoms with Gasteiger partial charge in [0.25, 0.3) is 0 Å². The number of hydrogen-bond acceptors (Lipinski definition) is 4. The molecule has 2 aromatic carbocycles. The zero-order chi connectivity index (χ0) is 20.8. The van der Waals surface area contributed by atoms with Gasteiger partial charge in [-0.1, -0.05) is 29.8 Å². The van der Waals surface area contributed by atoms with Crippen molar-refractivity contribution in [2.45, 2.75) is 33.4 Å². The van der Waals surface area contributed by atoms with Gasteiger partial charge in [0.15, 0.2) is 0 Å². The van der Waals surface area contributed by atoms with E-state index in [9.17, 15) is 4.79 Å². The van der Waals surface area contributed by atoms with Gasteiger partial charge >= 0.3 is 0 Å². The highest BCUT2D eigenvalue weighted by Crippen LogP contribution is 2.27. The number of carbonyl (C=O) groups is 1. The van der Waals surface area contributed by atoms with Gasteiger partial charge in [0.2, 0.25) is 6.41 Å². The van der Waals surface area contributed by atoms with Crippen LogP contribution in [0, 0.1) is 13.8 Å². The van der Waals surface area contributed by atoms with Crippen LogP contribution in [0.4, 0.5) is 5.82 Å². The molecule has 0 aliphatic heterocycles. The lowest BCUT2D eigenvalue weighted by molar-refractivity contribution is -0.117. The lowest BCUT2D eigenvalue weighted by Gasteiger charge is -2.21. The minimum Gasteiger partial charge on any atom is -0.457 e. The highest BCUT2D eigenvalue weighted by Gasteiger charge is 2.13. The Morgan fingerprint density at radius 3 is 2.28 bits per heavy atom. The third-order valence-corrected chi connectivity index (χ3v) is 4.87. The van der Waals surface area contributed by atoms with E-state index in [1.165, 1.54) is 5.56 Å². The van der Waals surface area contributed by atoms with E-state index in [1.807, 2.05) is 61.5 Å². The van der Waals surface area contributed by atoms with Crippen LogP contribution in [0.1, 0.15) is 35.2 Å². The molecule has 1 amide bonds. The molecule has 1 N–H and O–H groups in total. The summed E-state index contributed by atoms with van der Waals surface area (Å²) in [6, 6.07) is 18.1. The van der Waals surface area contributed by atoms with Gasteiger partial charge in [0.1, 0.15) is 17.3 Å². The van der Waals surface area contributed by atoms with E-state index in [0.29, 0.717) is 6.54 Å². The first kappa shape index (κ1) is 20.4. The molecule has 150 valence electrons. The predicted octanol–water partition coefficient (Wildman–Crippen LogP) is 5.25. The Bertz CT molecular complexity index is 953. The van der Waals surface area contributed by atoms with E-state index in [2.05, 4.69) is 24.1 Å². The summed E-state index contributed by atoms with van der Waals surface area (Å²) in [5.41, 5.74) is 4.45. The van der Waals surface area contributed by atoms with Crippen molar-refractivity contribution >= 4 is 12.2 Å². The van der Waals surface area contributed by atoms with E-state index in [-0.39, 0.29) is 6.04 Å². The lowest BCUT2D eigenvalue weighted by atomic mass is 10.1. The molecular formula is C24H27N3O2. The number of benzene rings is 2. The second-order valence-electron chi connectivity index (χ2n) is 7.33. The topological polar surface area (TPSA) is 54.5 Å². The molecule has 1 heterocycles. The average molecular weight is 389 g/mol. The summed E-state index contributed by atoms with van der Waals surface area (Å²) in [7, 11) is 1.76. The third kappa shape index (κ3) is 5.35. The molecule has 0 saturated heterocycles. The molecule has 0 aliphatic carbocycles. The zero-order valence-electron chi connectivity index (χ0n) is 17.3. The van der Waals surface area contributed by atoms with E-state index in [0.717, 1.165) is 40.4 Å². The normalized spacial score (nSPS) is 11.6. The molecule has 5 nitrogen and oxygen atoms in total. The fraction of sp³-hybridized carbons (Fsp3) is 0.250. The minimum absolute atomic E-state index is 0.0537. The number of hydrogen-bond donors (Lipinski definition) is 1. The quantitative estimate of drug-likeness (QED) is 0.535. The predicted molar refractivity (Wildman–Crippen MR) is 116 cm³/mol. The van der Waals surface area contributed by atoms with E-state index >= 15 is 0 Å². The number of nitrogens with zero attached hydrogens (tertiary/aromatic N) is 2.